The fourth-order valence-corrected chi connectivity index (χ4v) is 2.77. The van der Waals surface area contributed by atoms with Gasteiger partial charge in [-0.05, 0) is 31.0 Å². The van der Waals surface area contributed by atoms with Crippen LogP contribution in [0, 0.1) is 5.82 Å². The minimum Gasteiger partial charge on any atom is -0.494 e. The van der Waals surface area contributed by atoms with Crippen molar-refractivity contribution in [2.24, 2.45) is 5.73 Å². The number of aromatic nitrogens is 2. The van der Waals surface area contributed by atoms with Crippen molar-refractivity contribution >= 4 is 0 Å². The highest BCUT2D eigenvalue weighted by Crippen LogP contribution is 2.32. The van der Waals surface area contributed by atoms with Crippen molar-refractivity contribution in [3.63, 3.8) is 0 Å². The molecule has 1 aromatic carbocycles. The van der Waals surface area contributed by atoms with Gasteiger partial charge in [0.2, 0.25) is 11.7 Å². The summed E-state index contributed by atoms with van der Waals surface area (Å²) in [6.07, 6.45) is 4.22. The maximum atomic E-state index is 13.4. The minimum atomic E-state index is -0.417. The molecule has 2 unspecified atom stereocenters. The third-order valence-corrected chi connectivity index (χ3v) is 3.99. The monoisotopic (exact) mass is 291 g/mol. The van der Waals surface area contributed by atoms with Crippen LogP contribution in [-0.2, 0) is 0 Å². The standard InChI is InChI=1S/C15H18FN3O2/c1-20-13-8-9(6-7-11(13)16)14-18-15(21-19-14)10-4-2-3-5-12(10)17/h6-8,10,12H,2-5,17H2,1H3. The molecule has 3 rings (SSSR count). The van der Waals surface area contributed by atoms with Crippen molar-refractivity contribution in [1.29, 1.82) is 0 Å². The highest BCUT2D eigenvalue weighted by Gasteiger charge is 2.28. The summed E-state index contributed by atoms with van der Waals surface area (Å²) < 4.78 is 23.8. The molecule has 1 aliphatic rings. The molecule has 2 aromatic rings. The Balaban J connectivity index is 1.87. The normalized spacial score (nSPS) is 22.2. The quantitative estimate of drug-likeness (QED) is 0.941. The van der Waals surface area contributed by atoms with Crippen molar-refractivity contribution < 1.29 is 13.7 Å². The molecule has 1 saturated carbocycles. The number of hydrogen-bond acceptors (Lipinski definition) is 5. The third-order valence-electron chi connectivity index (χ3n) is 3.99. The Morgan fingerprint density at radius 1 is 1.33 bits per heavy atom. The second-order valence-corrected chi connectivity index (χ2v) is 5.36. The Labute approximate surface area is 122 Å². The second kappa shape index (κ2) is 5.81. The zero-order valence-corrected chi connectivity index (χ0v) is 11.9. The summed E-state index contributed by atoms with van der Waals surface area (Å²) >= 11 is 0. The zero-order chi connectivity index (χ0) is 14.8. The van der Waals surface area contributed by atoms with Gasteiger partial charge in [0, 0.05) is 11.6 Å². The average Bonchev–Trinajstić information content (AvgIpc) is 2.98. The number of methoxy groups -OCH3 is 1. The summed E-state index contributed by atoms with van der Waals surface area (Å²) in [5.41, 5.74) is 6.79. The van der Waals surface area contributed by atoms with E-state index in [0.717, 1.165) is 25.7 Å². The van der Waals surface area contributed by atoms with E-state index < -0.39 is 5.82 Å². The number of ether oxygens (including phenoxy) is 1. The Kier molecular flexibility index (Phi) is 3.88. The molecule has 2 N–H and O–H groups in total. The van der Waals surface area contributed by atoms with Crippen LogP contribution >= 0.6 is 0 Å². The molecule has 0 aliphatic heterocycles. The largest absolute Gasteiger partial charge is 0.494 e. The van der Waals surface area contributed by atoms with Crippen LogP contribution in [0.5, 0.6) is 5.75 Å². The van der Waals surface area contributed by atoms with E-state index in [-0.39, 0.29) is 17.7 Å². The molecule has 21 heavy (non-hydrogen) atoms. The van der Waals surface area contributed by atoms with Crippen LogP contribution in [0.25, 0.3) is 11.4 Å². The van der Waals surface area contributed by atoms with Gasteiger partial charge in [0.25, 0.3) is 0 Å². The van der Waals surface area contributed by atoms with E-state index in [1.807, 2.05) is 0 Å². The summed E-state index contributed by atoms with van der Waals surface area (Å²) in [5.74, 6) is 0.858. The summed E-state index contributed by atoms with van der Waals surface area (Å²) in [7, 11) is 1.42. The molecule has 0 amide bonds. The Morgan fingerprint density at radius 3 is 2.90 bits per heavy atom. The first-order valence-corrected chi connectivity index (χ1v) is 7.12. The van der Waals surface area contributed by atoms with Crippen LogP contribution in [0.2, 0.25) is 0 Å². The highest BCUT2D eigenvalue weighted by molar-refractivity contribution is 5.57. The average molecular weight is 291 g/mol. The van der Waals surface area contributed by atoms with E-state index in [0.29, 0.717) is 17.3 Å². The molecule has 0 bridgehead atoms. The molecule has 5 nitrogen and oxygen atoms in total. The van der Waals surface area contributed by atoms with Gasteiger partial charge in [-0.25, -0.2) is 4.39 Å². The summed E-state index contributed by atoms with van der Waals surface area (Å²) in [4.78, 5) is 4.42. The molecule has 0 radical (unpaired) electrons. The number of hydrogen-bond donors (Lipinski definition) is 1. The van der Waals surface area contributed by atoms with Gasteiger partial charge in [-0.3, -0.25) is 0 Å². The van der Waals surface area contributed by atoms with Crippen LogP contribution in [0.4, 0.5) is 4.39 Å². The number of nitrogens with zero attached hydrogens (tertiary/aromatic N) is 2. The van der Waals surface area contributed by atoms with E-state index in [1.54, 1.807) is 12.1 Å². The molecule has 1 aromatic heterocycles. The highest BCUT2D eigenvalue weighted by atomic mass is 19.1. The predicted molar refractivity (Wildman–Crippen MR) is 75.4 cm³/mol. The lowest BCUT2D eigenvalue weighted by molar-refractivity contribution is 0.290. The van der Waals surface area contributed by atoms with Crippen LogP contribution in [-0.4, -0.2) is 23.3 Å². The summed E-state index contributed by atoms with van der Waals surface area (Å²) in [6, 6.07) is 4.56. The first-order valence-electron chi connectivity index (χ1n) is 7.12. The maximum absolute atomic E-state index is 13.4. The van der Waals surface area contributed by atoms with Crippen LogP contribution in [0.1, 0.15) is 37.5 Å². The van der Waals surface area contributed by atoms with E-state index in [2.05, 4.69) is 10.1 Å². The summed E-state index contributed by atoms with van der Waals surface area (Å²) in [5, 5.41) is 3.98. The molecule has 6 heteroatoms. The Morgan fingerprint density at radius 2 is 2.14 bits per heavy atom. The second-order valence-electron chi connectivity index (χ2n) is 5.36. The molecular weight excluding hydrogens is 273 g/mol. The molecule has 0 saturated heterocycles. The Hall–Kier alpha value is -1.95. The number of rotatable bonds is 3. The molecule has 1 heterocycles. The molecule has 112 valence electrons. The van der Waals surface area contributed by atoms with Gasteiger partial charge < -0.3 is 15.0 Å². The SMILES string of the molecule is COc1cc(-c2noc(C3CCCCC3N)n2)ccc1F. The van der Waals surface area contributed by atoms with Gasteiger partial charge in [-0.15, -0.1) is 0 Å². The lowest BCUT2D eigenvalue weighted by Crippen LogP contribution is -2.31. The molecule has 2 atom stereocenters. The van der Waals surface area contributed by atoms with Crippen LogP contribution < -0.4 is 10.5 Å². The van der Waals surface area contributed by atoms with Crippen LogP contribution in [0.15, 0.2) is 22.7 Å². The predicted octanol–water partition coefficient (Wildman–Crippen LogP) is 2.87. The Bertz CT molecular complexity index is 629. The lowest BCUT2D eigenvalue weighted by Gasteiger charge is -2.25. The first kappa shape index (κ1) is 14.0. The van der Waals surface area contributed by atoms with Gasteiger partial charge in [-0.1, -0.05) is 18.0 Å². The maximum Gasteiger partial charge on any atom is 0.231 e. The van der Waals surface area contributed by atoms with Gasteiger partial charge in [-0.2, -0.15) is 4.98 Å². The van der Waals surface area contributed by atoms with E-state index in [1.165, 1.54) is 13.2 Å². The van der Waals surface area contributed by atoms with Crippen molar-refractivity contribution in [3.05, 3.63) is 29.9 Å². The van der Waals surface area contributed by atoms with Gasteiger partial charge >= 0.3 is 0 Å². The minimum absolute atomic E-state index is 0.0646. The van der Waals surface area contributed by atoms with Crippen molar-refractivity contribution in [2.45, 2.75) is 37.6 Å². The van der Waals surface area contributed by atoms with Crippen molar-refractivity contribution in [1.82, 2.24) is 10.1 Å². The van der Waals surface area contributed by atoms with E-state index in [9.17, 15) is 4.39 Å². The number of halogens is 1. The first-order chi connectivity index (χ1) is 10.2. The molecular formula is C15H18FN3O2. The smallest absolute Gasteiger partial charge is 0.231 e. The van der Waals surface area contributed by atoms with Gasteiger partial charge in [0.1, 0.15) is 0 Å². The fourth-order valence-electron chi connectivity index (χ4n) is 2.77. The van der Waals surface area contributed by atoms with Crippen molar-refractivity contribution in [3.8, 4) is 17.1 Å². The third kappa shape index (κ3) is 2.76. The van der Waals surface area contributed by atoms with Crippen molar-refractivity contribution in [2.75, 3.05) is 7.11 Å². The van der Waals surface area contributed by atoms with Crippen LogP contribution in [0.3, 0.4) is 0 Å². The van der Waals surface area contributed by atoms with Gasteiger partial charge in [0.05, 0.1) is 13.0 Å². The fraction of sp³-hybridized carbons (Fsp3) is 0.467. The topological polar surface area (TPSA) is 74.2 Å². The molecule has 1 fully saturated rings. The number of nitrogens with two attached hydrogens (primary N) is 1. The number of benzene rings is 1. The van der Waals surface area contributed by atoms with Gasteiger partial charge in [0.15, 0.2) is 11.6 Å². The molecule has 1 aliphatic carbocycles. The van der Waals surface area contributed by atoms with E-state index in [4.69, 9.17) is 15.0 Å². The summed E-state index contributed by atoms with van der Waals surface area (Å²) in [6.45, 7) is 0. The lowest BCUT2D eigenvalue weighted by atomic mass is 9.85. The van der Waals surface area contributed by atoms with E-state index >= 15 is 0 Å². The zero-order valence-electron chi connectivity index (χ0n) is 11.9. The molecule has 0 spiro atoms.